The molecule has 0 atom stereocenters. The molecule has 0 fully saturated rings. The lowest BCUT2D eigenvalue weighted by Gasteiger charge is -2.09. The van der Waals surface area contributed by atoms with Crippen molar-refractivity contribution in [3.8, 4) is 5.75 Å². The van der Waals surface area contributed by atoms with Crippen LogP contribution in [0.1, 0.15) is 5.56 Å². The van der Waals surface area contributed by atoms with Gasteiger partial charge in [-0.2, -0.15) is 0 Å². The van der Waals surface area contributed by atoms with Crippen molar-refractivity contribution in [2.24, 2.45) is 0 Å². The average Bonchev–Trinajstić information content (AvgIpc) is 2.28. The quantitative estimate of drug-likeness (QED) is 0.828. The Balaban J connectivity index is 2.07. The van der Waals surface area contributed by atoms with E-state index in [1.54, 1.807) is 0 Å². The highest BCUT2D eigenvalue weighted by atomic mass is 79.9. The molecule has 0 spiro atoms. The van der Waals surface area contributed by atoms with Crippen LogP contribution in [-0.4, -0.2) is 0 Å². The summed E-state index contributed by atoms with van der Waals surface area (Å²) in [5, 5.41) is 0. The third-order valence-electron chi connectivity index (χ3n) is 2.26. The lowest BCUT2D eigenvalue weighted by Crippen LogP contribution is -1.98. The Kier molecular flexibility index (Phi) is 4.07. The molecule has 2 nitrogen and oxygen atoms in total. The van der Waals surface area contributed by atoms with E-state index in [-0.39, 0.29) is 0 Å². The van der Waals surface area contributed by atoms with E-state index >= 15 is 0 Å². The largest absolute Gasteiger partial charge is 0.487 e. The van der Waals surface area contributed by atoms with Crippen molar-refractivity contribution in [2.45, 2.75) is 6.61 Å². The molecule has 0 aromatic heterocycles. The molecule has 0 aliphatic heterocycles. The highest BCUT2D eigenvalue weighted by Gasteiger charge is 2.01. The van der Waals surface area contributed by atoms with Crippen molar-refractivity contribution in [3.63, 3.8) is 0 Å². The Morgan fingerprint density at radius 1 is 1.00 bits per heavy atom. The Bertz CT molecular complexity index is 529. The molecular weight excluding hydrogens is 346 g/mol. The highest BCUT2D eigenvalue weighted by Crippen LogP contribution is 2.26. The van der Waals surface area contributed by atoms with Gasteiger partial charge in [0.05, 0.1) is 5.69 Å². The van der Waals surface area contributed by atoms with Gasteiger partial charge in [-0.3, -0.25) is 0 Å². The van der Waals surface area contributed by atoms with E-state index in [0.29, 0.717) is 18.0 Å². The van der Waals surface area contributed by atoms with Crippen LogP contribution in [0.2, 0.25) is 0 Å². The molecule has 17 heavy (non-hydrogen) atoms. The summed E-state index contributed by atoms with van der Waals surface area (Å²) < 4.78 is 7.66. The summed E-state index contributed by atoms with van der Waals surface area (Å²) in [6.07, 6.45) is 0. The maximum Gasteiger partial charge on any atom is 0.142 e. The first-order valence-corrected chi connectivity index (χ1v) is 6.66. The number of rotatable bonds is 3. The fourth-order valence-corrected chi connectivity index (χ4v) is 2.26. The SMILES string of the molecule is Nc1cc(Br)ccc1OCc1cccc(Br)c1. The maximum absolute atomic E-state index is 5.85. The number of ether oxygens (including phenoxy) is 1. The van der Waals surface area contributed by atoms with Gasteiger partial charge in [-0.15, -0.1) is 0 Å². The molecule has 2 N–H and O–H groups in total. The summed E-state index contributed by atoms with van der Waals surface area (Å²) in [6.45, 7) is 0.505. The van der Waals surface area contributed by atoms with Crippen LogP contribution in [0, 0.1) is 0 Å². The summed E-state index contributed by atoms with van der Waals surface area (Å²) in [7, 11) is 0. The van der Waals surface area contributed by atoms with Crippen LogP contribution in [0.5, 0.6) is 5.75 Å². The van der Waals surface area contributed by atoms with Gasteiger partial charge in [0.25, 0.3) is 0 Å². The molecule has 2 rings (SSSR count). The molecule has 2 aromatic carbocycles. The Morgan fingerprint density at radius 2 is 1.76 bits per heavy atom. The smallest absolute Gasteiger partial charge is 0.142 e. The van der Waals surface area contributed by atoms with Crippen molar-refractivity contribution in [2.75, 3.05) is 5.73 Å². The summed E-state index contributed by atoms with van der Waals surface area (Å²) in [4.78, 5) is 0. The van der Waals surface area contributed by atoms with Crippen molar-refractivity contribution >= 4 is 37.5 Å². The zero-order chi connectivity index (χ0) is 12.3. The van der Waals surface area contributed by atoms with Crippen molar-refractivity contribution in [1.29, 1.82) is 0 Å². The van der Waals surface area contributed by atoms with Gasteiger partial charge in [-0.1, -0.05) is 44.0 Å². The first-order chi connectivity index (χ1) is 8.15. The third-order valence-corrected chi connectivity index (χ3v) is 3.24. The second-order valence-corrected chi connectivity index (χ2v) is 5.43. The molecule has 0 aliphatic carbocycles. The Morgan fingerprint density at radius 3 is 2.47 bits per heavy atom. The first kappa shape index (κ1) is 12.5. The first-order valence-electron chi connectivity index (χ1n) is 5.07. The van der Waals surface area contributed by atoms with E-state index in [1.165, 1.54) is 0 Å². The molecule has 0 bridgehead atoms. The van der Waals surface area contributed by atoms with Gasteiger partial charge in [0.1, 0.15) is 12.4 Å². The maximum atomic E-state index is 5.85. The van der Waals surface area contributed by atoms with E-state index in [0.717, 1.165) is 14.5 Å². The van der Waals surface area contributed by atoms with Gasteiger partial charge in [-0.25, -0.2) is 0 Å². The normalized spacial score (nSPS) is 10.2. The lowest BCUT2D eigenvalue weighted by atomic mass is 10.2. The standard InChI is InChI=1S/C13H11Br2NO/c14-10-3-1-2-9(6-10)8-17-13-5-4-11(15)7-12(13)16/h1-7H,8,16H2. The van der Waals surface area contributed by atoms with Gasteiger partial charge in [0, 0.05) is 8.95 Å². The van der Waals surface area contributed by atoms with E-state index in [2.05, 4.69) is 31.9 Å². The molecule has 88 valence electrons. The van der Waals surface area contributed by atoms with Gasteiger partial charge in [0.2, 0.25) is 0 Å². The minimum Gasteiger partial charge on any atom is -0.487 e. The van der Waals surface area contributed by atoms with Crippen LogP contribution in [-0.2, 0) is 6.61 Å². The molecule has 0 saturated heterocycles. The molecule has 0 radical (unpaired) electrons. The van der Waals surface area contributed by atoms with Crippen LogP contribution in [0.3, 0.4) is 0 Å². The van der Waals surface area contributed by atoms with Crippen LogP contribution in [0.4, 0.5) is 5.69 Å². The van der Waals surface area contributed by atoms with Crippen molar-refractivity contribution in [3.05, 3.63) is 57.0 Å². The fourth-order valence-electron chi connectivity index (χ4n) is 1.44. The lowest BCUT2D eigenvalue weighted by molar-refractivity contribution is 0.308. The van der Waals surface area contributed by atoms with E-state index in [1.807, 2.05) is 42.5 Å². The Hall–Kier alpha value is -1.00. The summed E-state index contributed by atoms with van der Waals surface area (Å²) in [5.41, 5.74) is 7.58. The molecular formula is C13H11Br2NO. The number of hydrogen-bond donors (Lipinski definition) is 1. The van der Waals surface area contributed by atoms with Crippen LogP contribution in [0.25, 0.3) is 0 Å². The minimum absolute atomic E-state index is 0.505. The number of benzene rings is 2. The zero-order valence-corrected chi connectivity index (χ0v) is 12.2. The molecule has 4 heteroatoms. The highest BCUT2D eigenvalue weighted by molar-refractivity contribution is 9.10. The van der Waals surface area contributed by atoms with Crippen molar-refractivity contribution < 1.29 is 4.74 Å². The predicted octanol–water partition coefficient (Wildman–Crippen LogP) is 4.37. The van der Waals surface area contributed by atoms with Gasteiger partial charge >= 0.3 is 0 Å². The molecule has 0 aliphatic rings. The molecule has 0 saturated carbocycles. The second kappa shape index (κ2) is 5.56. The molecule has 0 amide bonds. The number of nitrogen functional groups attached to an aromatic ring is 1. The van der Waals surface area contributed by atoms with Gasteiger partial charge < -0.3 is 10.5 Å². The van der Waals surface area contributed by atoms with Crippen LogP contribution < -0.4 is 10.5 Å². The molecule has 0 heterocycles. The monoisotopic (exact) mass is 355 g/mol. The third kappa shape index (κ3) is 3.48. The van der Waals surface area contributed by atoms with Crippen molar-refractivity contribution in [1.82, 2.24) is 0 Å². The minimum atomic E-state index is 0.505. The predicted molar refractivity (Wildman–Crippen MR) is 77.0 cm³/mol. The average molecular weight is 357 g/mol. The number of nitrogens with two attached hydrogens (primary N) is 1. The van der Waals surface area contributed by atoms with E-state index < -0.39 is 0 Å². The zero-order valence-electron chi connectivity index (χ0n) is 8.99. The fraction of sp³-hybridized carbons (Fsp3) is 0.0769. The van der Waals surface area contributed by atoms with E-state index in [9.17, 15) is 0 Å². The molecule has 0 unspecified atom stereocenters. The van der Waals surface area contributed by atoms with E-state index in [4.69, 9.17) is 10.5 Å². The number of halogens is 2. The summed E-state index contributed by atoms with van der Waals surface area (Å²) in [6, 6.07) is 13.6. The van der Waals surface area contributed by atoms with Gasteiger partial charge in [0.15, 0.2) is 0 Å². The summed E-state index contributed by atoms with van der Waals surface area (Å²) >= 11 is 6.79. The number of hydrogen-bond acceptors (Lipinski definition) is 2. The van der Waals surface area contributed by atoms with Crippen LogP contribution >= 0.6 is 31.9 Å². The van der Waals surface area contributed by atoms with Crippen LogP contribution in [0.15, 0.2) is 51.4 Å². The molecule has 2 aromatic rings. The summed E-state index contributed by atoms with van der Waals surface area (Å²) in [5.74, 6) is 0.702. The van der Waals surface area contributed by atoms with Gasteiger partial charge in [-0.05, 0) is 35.9 Å². The Labute approximate surface area is 117 Å². The second-order valence-electron chi connectivity index (χ2n) is 3.60. The number of anilines is 1. The topological polar surface area (TPSA) is 35.2 Å².